The number of hydrogen-bond acceptors (Lipinski definition) is 5. The number of ether oxygens (including phenoxy) is 1. The fraction of sp³-hybridized carbons (Fsp3) is 0.129. The number of rotatable bonds is 4. The number of carbonyl (C=O) groups excluding carboxylic acids is 3. The van der Waals surface area contributed by atoms with E-state index >= 15 is 0 Å². The zero-order valence-electron chi connectivity index (χ0n) is 20.7. The summed E-state index contributed by atoms with van der Waals surface area (Å²) < 4.78 is 5.27. The van der Waals surface area contributed by atoms with Crippen LogP contribution in [0, 0.1) is 13.8 Å². The highest BCUT2D eigenvalue weighted by atomic mass is 16.5. The third-order valence-corrected chi connectivity index (χ3v) is 6.39. The molecule has 5 rings (SSSR count). The van der Waals surface area contributed by atoms with E-state index in [1.165, 1.54) is 11.8 Å². The maximum Gasteiger partial charge on any atom is 0.308 e. The van der Waals surface area contributed by atoms with Gasteiger partial charge in [0.1, 0.15) is 11.5 Å². The molecule has 1 heterocycles. The number of amides is 1. The summed E-state index contributed by atoms with van der Waals surface area (Å²) in [5, 5.41) is 13.4. The minimum Gasteiger partial charge on any atom is -0.507 e. The van der Waals surface area contributed by atoms with Crippen molar-refractivity contribution in [2.45, 2.75) is 26.8 Å². The lowest BCUT2D eigenvalue weighted by molar-refractivity contribution is -0.132. The van der Waals surface area contributed by atoms with Crippen LogP contribution in [0.5, 0.6) is 5.75 Å². The Kier molecular flexibility index (Phi) is 6.09. The second-order valence-corrected chi connectivity index (χ2v) is 9.24. The first kappa shape index (κ1) is 24.0. The summed E-state index contributed by atoms with van der Waals surface area (Å²) in [4.78, 5) is 40.0. The van der Waals surface area contributed by atoms with Gasteiger partial charge in [0.15, 0.2) is 0 Å². The number of fused-ring (bicyclic) bond motifs is 1. The number of aryl methyl sites for hydroxylation is 2. The molecule has 1 saturated heterocycles. The summed E-state index contributed by atoms with van der Waals surface area (Å²) in [5.74, 6) is -2.00. The van der Waals surface area contributed by atoms with Gasteiger partial charge < -0.3 is 9.84 Å². The zero-order chi connectivity index (χ0) is 26.3. The molecule has 0 aromatic heterocycles. The lowest BCUT2D eigenvalue weighted by Crippen LogP contribution is -2.29. The largest absolute Gasteiger partial charge is 0.507 e. The molecule has 1 aliphatic heterocycles. The van der Waals surface area contributed by atoms with Gasteiger partial charge >= 0.3 is 5.97 Å². The van der Waals surface area contributed by atoms with Crippen LogP contribution < -0.4 is 9.64 Å². The fourth-order valence-electron chi connectivity index (χ4n) is 4.91. The molecular weight excluding hydrogens is 466 g/mol. The number of hydrogen-bond donors (Lipinski definition) is 1. The first-order valence-electron chi connectivity index (χ1n) is 11.9. The second kappa shape index (κ2) is 9.39. The SMILES string of the molecule is CC(=O)Oc1cccc(C2/C(=C(/O)c3ccc4ccccc4c3)C(=O)C(=O)N2c2cc(C)cc(C)c2)c1. The van der Waals surface area contributed by atoms with Gasteiger partial charge in [-0.25, -0.2) is 0 Å². The number of anilines is 1. The standard InChI is InChI=1S/C31H25NO5/c1-18-13-19(2)15-25(14-18)32-28(23-9-6-10-26(17-23)37-20(3)33)27(30(35)31(32)36)29(34)24-12-11-21-7-4-5-8-22(21)16-24/h4-17,28,34H,1-3H3/b29-27-. The molecule has 4 aromatic carbocycles. The Morgan fingerprint density at radius 3 is 2.24 bits per heavy atom. The van der Waals surface area contributed by atoms with Crippen molar-refractivity contribution in [3.63, 3.8) is 0 Å². The topological polar surface area (TPSA) is 83.9 Å². The summed E-state index contributed by atoms with van der Waals surface area (Å²) in [6, 6.07) is 24.5. The van der Waals surface area contributed by atoms with E-state index in [9.17, 15) is 19.5 Å². The minimum absolute atomic E-state index is 0.0283. The Hall–Kier alpha value is -4.71. The molecule has 0 spiro atoms. The quantitative estimate of drug-likeness (QED) is 0.124. The average Bonchev–Trinajstić information content (AvgIpc) is 3.13. The van der Waals surface area contributed by atoms with Gasteiger partial charge in [-0.1, -0.05) is 54.6 Å². The predicted molar refractivity (Wildman–Crippen MR) is 142 cm³/mol. The summed E-state index contributed by atoms with van der Waals surface area (Å²) in [6.45, 7) is 5.13. The van der Waals surface area contributed by atoms with Crippen LogP contribution in [0.2, 0.25) is 0 Å². The number of aliphatic hydroxyl groups excluding tert-OH is 1. The number of Topliss-reactive ketones (excluding diaryl/α,β-unsaturated/α-hetero) is 1. The Morgan fingerprint density at radius 2 is 1.54 bits per heavy atom. The van der Waals surface area contributed by atoms with E-state index in [0.29, 0.717) is 16.8 Å². The number of aliphatic hydroxyl groups is 1. The van der Waals surface area contributed by atoms with Crippen LogP contribution >= 0.6 is 0 Å². The summed E-state index contributed by atoms with van der Waals surface area (Å²) in [6.07, 6.45) is 0. The minimum atomic E-state index is -0.928. The highest BCUT2D eigenvalue weighted by Crippen LogP contribution is 2.43. The number of ketones is 1. The molecule has 0 bridgehead atoms. The van der Waals surface area contributed by atoms with Crippen LogP contribution in [-0.4, -0.2) is 22.8 Å². The molecule has 0 radical (unpaired) electrons. The molecule has 1 unspecified atom stereocenters. The molecular formula is C31H25NO5. The molecule has 1 atom stereocenters. The van der Waals surface area contributed by atoms with E-state index in [4.69, 9.17) is 4.74 Å². The van der Waals surface area contributed by atoms with Crippen LogP contribution in [0.4, 0.5) is 5.69 Å². The van der Waals surface area contributed by atoms with Crippen LogP contribution in [-0.2, 0) is 14.4 Å². The van der Waals surface area contributed by atoms with Crippen molar-refractivity contribution < 1.29 is 24.2 Å². The number of nitrogens with zero attached hydrogens (tertiary/aromatic N) is 1. The van der Waals surface area contributed by atoms with Crippen LogP contribution in [0.3, 0.4) is 0 Å². The summed E-state index contributed by atoms with van der Waals surface area (Å²) in [7, 11) is 0. The van der Waals surface area contributed by atoms with Gasteiger partial charge in [0.25, 0.3) is 11.7 Å². The molecule has 37 heavy (non-hydrogen) atoms. The molecule has 0 aliphatic carbocycles. The van der Waals surface area contributed by atoms with Crippen molar-refractivity contribution in [2.75, 3.05) is 4.90 Å². The van der Waals surface area contributed by atoms with Crippen molar-refractivity contribution in [1.29, 1.82) is 0 Å². The van der Waals surface area contributed by atoms with Gasteiger partial charge in [0, 0.05) is 18.2 Å². The van der Waals surface area contributed by atoms with Gasteiger partial charge in [-0.2, -0.15) is 0 Å². The van der Waals surface area contributed by atoms with Crippen molar-refractivity contribution in [1.82, 2.24) is 0 Å². The maximum absolute atomic E-state index is 13.5. The second-order valence-electron chi connectivity index (χ2n) is 9.24. The molecule has 1 aliphatic rings. The van der Waals surface area contributed by atoms with Crippen molar-refractivity contribution >= 4 is 39.9 Å². The van der Waals surface area contributed by atoms with Crippen LogP contribution in [0.1, 0.15) is 35.2 Å². The van der Waals surface area contributed by atoms with E-state index in [0.717, 1.165) is 21.9 Å². The van der Waals surface area contributed by atoms with Gasteiger partial charge in [0.05, 0.1) is 11.6 Å². The molecule has 4 aromatic rings. The van der Waals surface area contributed by atoms with Crippen molar-refractivity contribution in [2.24, 2.45) is 0 Å². The van der Waals surface area contributed by atoms with Gasteiger partial charge in [-0.05, 0) is 71.6 Å². The molecule has 6 nitrogen and oxygen atoms in total. The van der Waals surface area contributed by atoms with E-state index in [1.54, 1.807) is 36.4 Å². The smallest absolute Gasteiger partial charge is 0.308 e. The Bertz CT molecular complexity index is 1600. The molecule has 1 amide bonds. The van der Waals surface area contributed by atoms with E-state index < -0.39 is 23.7 Å². The number of carbonyl (C=O) groups is 3. The van der Waals surface area contributed by atoms with Gasteiger partial charge in [0.2, 0.25) is 0 Å². The molecule has 0 saturated carbocycles. The highest BCUT2D eigenvalue weighted by Gasteiger charge is 2.47. The van der Waals surface area contributed by atoms with E-state index in [1.807, 2.05) is 62.4 Å². The number of esters is 1. The molecule has 6 heteroatoms. The normalized spacial score (nSPS) is 16.8. The maximum atomic E-state index is 13.5. The van der Waals surface area contributed by atoms with Gasteiger partial charge in [-0.15, -0.1) is 0 Å². The predicted octanol–water partition coefficient (Wildman–Crippen LogP) is 6.01. The molecule has 1 N–H and O–H groups in total. The molecule has 1 fully saturated rings. The monoisotopic (exact) mass is 491 g/mol. The first-order valence-corrected chi connectivity index (χ1v) is 11.9. The first-order chi connectivity index (χ1) is 17.7. The number of benzene rings is 4. The highest BCUT2D eigenvalue weighted by molar-refractivity contribution is 6.51. The van der Waals surface area contributed by atoms with Gasteiger partial charge in [-0.3, -0.25) is 19.3 Å². The third-order valence-electron chi connectivity index (χ3n) is 6.39. The average molecular weight is 492 g/mol. The van der Waals surface area contributed by atoms with E-state index in [2.05, 4.69) is 0 Å². The van der Waals surface area contributed by atoms with E-state index in [-0.39, 0.29) is 17.1 Å². The Labute approximate surface area is 214 Å². The van der Waals surface area contributed by atoms with Crippen molar-refractivity contribution in [3.05, 3.63) is 113 Å². The lowest BCUT2D eigenvalue weighted by atomic mass is 9.94. The van der Waals surface area contributed by atoms with Crippen LogP contribution in [0.25, 0.3) is 16.5 Å². The lowest BCUT2D eigenvalue weighted by Gasteiger charge is -2.26. The zero-order valence-corrected chi connectivity index (χ0v) is 20.7. The molecule has 184 valence electrons. The third kappa shape index (κ3) is 4.49. The summed E-state index contributed by atoms with van der Waals surface area (Å²) in [5.41, 5.74) is 3.33. The van der Waals surface area contributed by atoms with Crippen molar-refractivity contribution in [3.8, 4) is 5.75 Å². The Morgan fingerprint density at radius 1 is 0.838 bits per heavy atom. The Balaban J connectivity index is 1.74. The van der Waals surface area contributed by atoms with Crippen LogP contribution in [0.15, 0.2) is 90.5 Å². The summed E-state index contributed by atoms with van der Waals surface area (Å²) >= 11 is 0. The fourth-order valence-corrected chi connectivity index (χ4v) is 4.91.